The van der Waals surface area contributed by atoms with Crippen molar-refractivity contribution in [1.29, 1.82) is 5.41 Å². The first-order valence-corrected chi connectivity index (χ1v) is 6.63. The molecule has 0 aliphatic rings. The summed E-state index contributed by atoms with van der Waals surface area (Å²) in [4.78, 5) is 4.23. The van der Waals surface area contributed by atoms with E-state index in [9.17, 15) is 0 Å². The summed E-state index contributed by atoms with van der Waals surface area (Å²) in [6.45, 7) is 0.551. The maximum absolute atomic E-state index is 7.36. The molecule has 5 heteroatoms. The quantitative estimate of drug-likeness (QED) is 0.657. The van der Waals surface area contributed by atoms with Gasteiger partial charge in [-0.15, -0.1) is 0 Å². The number of halogens is 1. The summed E-state index contributed by atoms with van der Waals surface area (Å²) in [7, 11) is 0. The first-order valence-electron chi connectivity index (χ1n) is 5.83. The van der Waals surface area contributed by atoms with Crippen LogP contribution in [0.2, 0.25) is 0 Å². The summed E-state index contributed by atoms with van der Waals surface area (Å²) in [6.07, 6.45) is 2.52. The highest BCUT2D eigenvalue weighted by Crippen LogP contribution is 2.25. The molecule has 0 aliphatic heterocycles. The number of amidine groups is 1. The molecule has 0 amide bonds. The molecule has 1 aromatic heterocycles. The third kappa shape index (κ3) is 3.79. The Hall–Kier alpha value is -1.88. The van der Waals surface area contributed by atoms with Crippen molar-refractivity contribution >= 4 is 21.8 Å². The Morgan fingerprint density at radius 1 is 1.32 bits per heavy atom. The molecule has 0 radical (unpaired) electrons. The van der Waals surface area contributed by atoms with Crippen LogP contribution in [0.1, 0.15) is 11.3 Å². The lowest BCUT2D eigenvalue weighted by atomic mass is 10.2. The van der Waals surface area contributed by atoms with Crippen molar-refractivity contribution in [1.82, 2.24) is 4.98 Å². The van der Waals surface area contributed by atoms with Crippen molar-refractivity contribution in [3.8, 4) is 5.75 Å². The second-order valence-electron chi connectivity index (χ2n) is 3.98. The maximum Gasteiger partial charge on any atom is 0.133 e. The molecule has 0 spiro atoms. The van der Waals surface area contributed by atoms with Crippen molar-refractivity contribution in [2.45, 2.75) is 6.42 Å². The van der Waals surface area contributed by atoms with Crippen LogP contribution in [0.25, 0.3) is 0 Å². The van der Waals surface area contributed by atoms with Crippen LogP contribution in [0.3, 0.4) is 0 Å². The van der Waals surface area contributed by atoms with E-state index < -0.39 is 0 Å². The number of hydrogen-bond donors (Lipinski definition) is 2. The zero-order valence-electron chi connectivity index (χ0n) is 10.3. The first-order chi connectivity index (χ1) is 9.16. The molecule has 1 aromatic carbocycles. The highest BCUT2D eigenvalue weighted by molar-refractivity contribution is 9.10. The monoisotopic (exact) mass is 319 g/mol. The third-order valence-corrected chi connectivity index (χ3v) is 3.20. The lowest BCUT2D eigenvalue weighted by Gasteiger charge is -2.09. The van der Waals surface area contributed by atoms with Crippen LogP contribution in [0.15, 0.2) is 47.1 Å². The summed E-state index contributed by atoms with van der Waals surface area (Å²) in [5.74, 6) is 0.779. The number of nitrogens with zero attached hydrogens (tertiary/aromatic N) is 1. The maximum atomic E-state index is 7.36. The number of rotatable bonds is 5. The van der Waals surface area contributed by atoms with Crippen LogP contribution in [-0.2, 0) is 6.42 Å². The first kappa shape index (κ1) is 13.5. The Bertz CT molecular complexity index is 572. The normalized spacial score (nSPS) is 10.2. The van der Waals surface area contributed by atoms with Crippen molar-refractivity contribution in [2.24, 2.45) is 5.73 Å². The molecule has 0 unspecified atom stereocenters. The van der Waals surface area contributed by atoms with E-state index >= 15 is 0 Å². The van der Waals surface area contributed by atoms with Gasteiger partial charge in [0.25, 0.3) is 0 Å². The van der Waals surface area contributed by atoms with E-state index in [-0.39, 0.29) is 5.84 Å². The average molecular weight is 320 g/mol. The van der Waals surface area contributed by atoms with Gasteiger partial charge in [-0.05, 0) is 46.3 Å². The second kappa shape index (κ2) is 6.33. The van der Waals surface area contributed by atoms with Crippen LogP contribution < -0.4 is 10.5 Å². The number of benzene rings is 1. The van der Waals surface area contributed by atoms with E-state index in [0.717, 1.165) is 22.3 Å². The number of nitrogen functional groups attached to an aromatic ring is 1. The SMILES string of the molecule is N=C(N)c1ccc(OCCc2ccccn2)c(Br)c1. The molecule has 0 saturated heterocycles. The van der Waals surface area contributed by atoms with Gasteiger partial charge >= 0.3 is 0 Å². The van der Waals surface area contributed by atoms with Crippen molar-refractivity contribution in [3.63, 3.8) is 0 Å². The number of hydrogen-bond acceptors (Lipinski definition) is 3. The fourth-order valence-corrected chi connectivity index (χ4v) is 2.09. The van der Waals surface area contributed by atoms with E-state index in [4.69, 9.17) is 15.9 Å². The molecule has 4 nitrogen and oxygen atoms in total. The molecule has 0 atom stereocenters. The number of pyridine rings is 1. The van der Waals surface area contributed by atoms with Gasteiger partial charge in [0.15, 0.2) is 0 Å². The fraction of sp³-hybridized carbons (Fsp3) is 0.143. The lowest BCUT2D eigenvalue weighted by Crippen LogP contribution is -2.11. The molecular formula is C14H14BrN3O. The van der Waals surface area contributed by atoms with Gasteiger partial charge in [-0.2, -0.15) is 0 Å². The minimum Gasteiger partial charge on any atom is -0.492 e. The van der Waals surface area contributed by atoms with Crippen molar-refractivity contribution < 1.29 is 4.74 Å². The van der Waals surface area contributed by atoms with Crippen molar-refractivity contribution in [2.75, 3.05) is 6.61 Å². The second-order valence-corrected chi connectivity index (χ2v) is 4.83. The van der Waals surface area contributed by atoms with Crippen LogP contribution in [0.5, 0.6) is 5.75 Å². The van der Waals surface area contributed by atoms with Crippen LogP contribution in [-0.4, -0.2) is 17.4 Å². The van der Waals surface area contributed by atoms with Gasteiger partial charge in [0.05, 0.1) is 11.1 Å². The van der Waals surface area contributed by atoms with E-state index in [1.807, 2.05) is 18.2 Å². The highest BCUT2D eigenvalue weighted by atomic mass is 79.9. The Morgan fingerprint density at radius 3 is 2.79 bits per heavy atom. The van der Waals surface area contributed by atoms with Gasteiger partial charge in [-0.25, -0.2) is 0 Å². The van der Waals surface area contributed by atoms with Gasteiger partial charge < -0.3 is 10.5 Å². The number of nitrogens with two attached hydrogens (primary N) is 1. The van der Waals surface area contributed by atoms with Gasteiger partial charge in [-0.3, -0.25) is 10.4 Å². The Labute approximate surface area is 120 Å². The molecular weight excluding hydrogens is 306 g/mol. The largest absolute Gasteiger partial charge is 0.492 e. The third-order valence-electron chi connectivity index (χ3n) is 2.58. The number of nitrogens with one attached hydrogen (secondary N) is 1. The van der Waals surface area contributed by atoms with Crippen LogP contribution in [0.4, 0.5) is 0 Å². The minimum absolute atomic E-state index is 0.0423. The molecule has 19 heavy (non-hydrogen) atoms. The van der Waals surface area contributed by atoms with Gasteiger partial charge in [-0.1, -0.05) is 6.07 Å². The fourth-order valence-electron chi connectivity index (χ4n) is 1.60. The molecule has 0 aliphatic carbocycles. The van der Waals surface area contributed by atoms with Gasteiger partial charge in [0.2, 0.25) is 0 Å². The predicted molar refractivity (Wildman–Crippen MR) is 78.6 cm³/mol. The zero-order chi connectivity index (χ0) is 13.7. The summed E-state index contributed by atoms with van der Waals surface area (Å²) < 4.78 is 6.47. The average Bonchev–Trinajstić information content (AvgIpc) is 2.41. The van der Waals surface area contributed by atoms with E-state index in [1.165, 1.54) is 0 Å². The number of ether oxygens (including phenoxy) is 1. The standard InChI is InChI=1S/C14H14BrN3O/c15-12-9-10(14(16)17)4-5-13(12)19-8-6-11-3-1-2-7-18-11/h1-5,7,9H,6,8H2,(H3,16,17). The van der Waals surface area contributed by atoms with E-state index in [2.05, 4.69) is 20.9 Å². The molecule has 0 saturated carbocycles. The molecule has 3 N–H and O–H groups in total. The number of aromatic nitrogens is 1. The lowest BCUT2D eigenvalue weighted by molar-refractivity contribution is 0.318. The van der Waals surface area contributed by atoms with Gasteiger partial charge in [0.1, 0.15) is 11.6 Å². The molecule has 1 heterocycles. The smallest absolute Gasteiger partial charge is 0.133 e. The Morgan fingerprint density at radius 2 is 2.16 bits per heavy atom. The van der Waals surface area contributed by atoms with E-state index in [0.29, 0.717) is 12.2 Å². The molecule has 0 bridgehead atoms. The summed E-state index contributed by atoms with van der Waals surface area (Å²) in [5.41, 5.74) is 7.09. The zero-order valence-corrected chi connectivity index (χ0v) is 11.9. The highest BCUT2D eigenvalue weighted by Gasteiger charge is 2.04. The minimum atomic E-state index is 0.0423. The predicted octanol–water partition coefficient (Wildman–Crippen LogP) is 2.75. The topological polar surface area (TPSA) is 72.0 Å². The Kier molecular flexibility index (Phi) is 4.52. The van der Waals surface area contributed by atoms with Crippen LogP contribution in [0, 0.1) is 5.41 Å². The molecule has 0 fully saturated rings. The summed E-state index contributed by atoms with van der Waals surface area (Å²) >= 11 is 3.41. The molecule has 2 rings (SSSR count). The molecule has 98 valence electrons. The molecule has 2 aromatic rings. The van der Waals surface area contributed by atoms with Gasteiger partial charge in [0, 0.05) is 23.9 Å². The van der Waals surface area contributed by atoms with Crippen LogP contribution >= 0.6 is 15.9 Å². The summed E-state index contributed by atoms with van der Waals surface area (Å²) in [5, 5.41) is 7.36. The summed E-state index contributed by atoms with van der Waals surface area (Å²) in [6, 6.07) is 11.2. The Balaban J connectivity index is 1.95. The van der Waals surface area contributed by atoms with Crippen molar-refractivity contribution in [3.05, 3.63) is 58.3 Å². The van der Waals surface area contributed by atoms with E-state index in [1.54, 1.807) is 24.4 Å².